The Morgan fingerprint density at radius 3 is 2.50 bits per heavy atom. The molecule has 3 N–H and O–H groups in total. The fraction of sp³-hybridized carbons (Fsp3) is 0.520. The predicted octanol–water partition coefficient (Wildman–Crippen LogP) is 5.03. The number of H-pyrrole nitrogens is 1. The van der Waals surface area contributed by atoms with Gasteiger partial charge in [-0.15, -0.1) is 0 Å². The topological polar surface area (TPSA) is 83.2 Å². The Labute approximate surface area is 195 Å². The third kappa shape index (κ3) is 5.36. The molecule has 1 fully saturated rings. The van der Waals surface area contributed by atoms with Crippen molar-refractivity contribution in [2.45, 2.75) is 78.0 Å². The van der Waals surface area contributed by atoms with Gasteiger partial charge >= 0.3 is 0 Å². The lowest BCUT2D eigenvalue weighted by atomic mass is 9.78. The fourth-order valence-electron chi connectivity index (χ4n) is 4.64. The zero-order valence-electron chi connectivity index (χ0n) is 19.7. The summed E-state index contributed by atoms with van der Waals surface area (Å²) in [4.78, 5) is 28.1. The van der Waals surface area contributed by atoms with Gasteiger partial charge in [0.2, 0.25) is 0 Å². The Morgan fingerprint density at radius 2 is 1.91 bits per heavy atom. The first-order chi connectivity index (χ1) is 15.2. The normalized spacial score (nSPS) is 20.8. The average molecular weight is 460 g/mol. The standard InChI is InChI=1S/C25H34ClN3O3/c1-6-25(9-7-19(32-5)8-10-25)29-22-13-18(26)12-20(17(22)4)23(30)27-14-21-15(2)11-16(3)28-24(21)31/h11-13,19,29H,6-10,14H2,1-5H3,(H,27,30)(H,28,31)/t19-,25-. The summed E-state index contributed by atoms with van der Waals surface area (Å²) in [6.07, 6.45) is 5.32. The first kappa shape index (κ1) is 24.3. The minimum Gasteiger partial charge on any atom is -0.381 e. The highest BCUT2D eigenvalue weighted by atomic mass is 35.5. The number of amides is 1. The minimum absolute atomic E-state index is 0.0372. The molecule has 0 spiro atoms. The maximum absolute atomic E-state index is 13.0. The van der Waals surface area contributed by atoms with Crippen LogP contribution in [0.25, 0.3) is 0 Å². The number of nitrogens with one attached hydrogen (secondary N) is 3. The van der Waals surface area contributed by atoms with Gasteiger partial charge in [0, 0.05) is 46.7 Å². The van der Waals surface area contributed by atoms with Crippen LogP contribution in [0.5, 0.6) is 0 Å². The summed E-state index contributed by atoms with van der Waals surface area (Å²) < 4.78 is 5.53. The van der Waals surface area contributed by atoms with E-state index in [2.05, 4.69) is 22.5 Å². The number of carbonyl (C=O) groups is 1. The highest BCUT2D eigenvalue weighted by Crippen LogP contribution is 2.37. The second kappa shape index (κ2) is 10.1. The van der Waals surface area contributed by atoms with Crippen LogP contribution in [0.3, 0.4) is 0 Å². The highest BCUT2D eigenvalue weighted by molar-refractivity contribution is 6.31. The number of hydrogen-bond donors (Lipinski definition) is 3. The number of aryl methyl sites for hydroxylation is 2. The van der Waals surface area contributed by atoms with Crippen LogP contribution in [0, 0.1) is 20.8 Å². The van der Waals surface area contributed by atoms with Crippen molar-refractivity contribution in [3.8, 4) is 0 Å². The fourth-order valence-corrected chi connectivity index (χ4v) is 4.86. The van der Waals surface area contributed by atoms with Gasteiger partial charge < -0.3 is 20.4 Å². The van der Waals surface area contributed by atoms with Crippen LogP contribution >= 0.6 is 11.6 Å². The summed E-state index contributed by atoms with van der Waals surface area (Å²) in [7, 11) is 1.77. The Kier molecular flexibility index (Phi) is 7.67. The van der Waals surface area contributed by atoms with E-state index in [0.717, 1.165) is 54.6 Å². The number of benzene rings is 1. The van der Waals surface area contributed by atoms with E-state index in [1.807, 2.05) is 32.9 Å². The SMILES string of the molecule is CC[C@]1(Nc2cc(Cl)cc(C(=O)NCc3c(C)cc(C)[nH]c3=O)c2C)CC[C@H](OC)CC1. The van der Waals surface area contributed by atoms with Crippen molar-refractivity contribution in [1.29, 1.82) is 0 Å². The molecule has 1 aromatic carbocycles. The van der Waals surface area contributed by atoms with Gasteiger partial charge in [0.1, 0.15) is 0 Å². The quantitative estimate of drug-likeness (QED) is 0.542. The minimum atomic E-state index is -0.249. The third-order valence-electron chi connectivity index (χ3n) is 6.84. The van der Waals surface area contributed by atoms with Crippen molar-refractivity contribution in [2.24, 2.45) is 0 Å². The molecule has 7 heteroatoms. The van der Waals surface area contributed by atoms with Crippen molar-refractivity contribution in [2.75, 3.05) is 12.4 Å². The molecule has 1 aliphatic rings. The van der Waals surface area contributed by atoms with Crippen molar-refractivity contribution < 1.29 is 9.53 Å². The van der Waals surface area contributed by atoms with Gasteiger partial charge in [0.25, 0.3) is 11.5 Å². The number of methoxy groups -OCH3 is 1. The van der Waals surface area contributed by atoms with Crippen molar-refractivity contribution in [3.05, 3.63) is 61.5 Å². The molecule has 0 unspecified atom stereocenters. The van der Waals surface area contributed by atoms with Gasteiger partial charge in [-0.05, 0) is 82.2 Å². The van der Waals surface area contributed by atoms with Crippen LogP contribution in [0.15, 0.2) is 23.0 Å². The smallest absolute Gasteiger partial charge is 0.253 e. The van der Waals surface area contributed by atoms with Crippen LogP contribution in [0.2, 0.25) is 5.02 Å². The number of pyridine rings is 1. The van der Waals surface area contributed by atoms with Crippen LogP contribution in [-0.2, 0) is 11.3 Å². The Morgan fingerprint density at radius 1 is 1.22 bits per heavy atom. The number of aromatic amines is 1. The molecule has 1 amide bonds. The van der Waals surface area contributed by atoms with E-state index in [4.69, 9.17) is 16.3 Å². The van der Waals surface area contributed by atoms with Gasteiger partial charge in [-0.3, -0.25) is 9.59 Å². The zero-order chi connectivity index (χ0) is 23.5. The van der Waals surface area contributed by atoms with Gasteiger partial charge in [0.05, 0.1) is 6.10 Å². The molecule has 174 valence electrons. The lowest BCUT2D eigenvalue weighted by Crippen LogP contribution is -2.43. The van der Waals surface area contributed by atoms with E-state index in [9.17, 15) is 9.59 Å². The Bertz CT molecular complexity index is 1040. The van der Waals surface area contributed by atoms with Crippen molar-refractivity contribution >= 4 is 23.2 Å². The van der Waals surface area contributed by atoms with Crippen LogP contribution in [-0.4, -0.2) is 29.6 Å². The number of anilines is 1. The average Bonchev–Trinajstić information content (AvgIpc) is 2.75. The number of halogens is 1. The van der Waals surface area contributed by atoms with E-state index in [1.54, 1.807) is 13.2 Å². The molecule has 3 rings (SSSR count). The van der Waals surface area contributed by atoms with Crippen molar-refractivity contribution in [1.82, 2.24) is 10.3 Å². The molecule has 1 aliphatic carbocycles. The van der Waals surface area contributed by atoms with Gasteiger partial charge in [-0.25, -0.2) is 0 Å². The Hall–Kier alpha value is -2.31. The van der Waals surface area contributed by atoms with E-state index in [1.165, 1.54) is 0 Å². The van der Waals surface area contributed by atoms with Gasteiger partial charge in [-0.2, -0.15) is 0 Å². The first-order valence-electron chi connectivity index (χ1n) is 11.3. The summed E-state index contributed by atoms with van der Waals surface area (Å²) >= 11 is 6.41. The molecule has 1 heterocycles. The number of hydrogen-bond acceptors (Lipinski definition) is 4. The predicted molar refractivity (Wildman–Crippen MR) is 130 cm³/mol. The van der Waals surface area contributed by atoms with Crippen LogP contribution < -0.4 is 16.2 Å². The highest BCUT2D eigenvalue weighted by Gasteiger charge is 2.34. The maximum atomic E-state index is 13.0. The van der Waals surface area contributed by atoms with Crippen LogP contribution in [0.4, 0.5) is 5.69 Å². The summed E-state index contributed by atoms with van der Waals surface area (Å²) in [5.41, 5.74) is 4.24. The molecule has 0 aliphatic heterocycles. The van der Waals surface area contributed by atoms with E-state index in [0.29, 0.717) is 22.3 Å². The molecule has 6 nitrogen and oxygen atoms in total. The van der Waals surface area contributed by atoms with Crippen molar-refractivity contribution in [3.63, 3.8) is 0 Å². The largest absolute Gasteiger partial charge is 0.381 e. The lowest BCUT2D eigenvalue weighted by molar-refractivity contribution is 0.0530. The summed E-state index contributed by atoms with van der Waals surface area (Å²) in [5, 5.41) is 7.11. The summed E-state index contributed by atoms with van der Waals surface area (Å²) in [5.74, 6) is -0.249. The maximum Gasteiger partial charge on any atom is 0.253 e. The van der Waals surface area contributed by atoms with Gasteiger partial charge in [-0.1, -0.05) is 18.5 Å². The molecular weight excluding hydrogens is 426 g/mol. The molecule has 0 bridgehead atoms. The molecular formula is C25H34ClN3O3. The van der Waals surface area contributed by atoms with E-state index < -0.39 is 0 Å². The second-order valence-electron chi connectivity index (χ2n) is 8.95. The number of rotatable bonds is 7. The number of carbonyl (C=O) groups excluding carboxylic acids is 1. The summed E-state index contributed by atoms with van der Waals surface area (Å²) in [6.45, 7) is 7.99. The first-order valence-corrected chi connectivity index (χ1v) is 11.6. The molecule has 32 heavy (non-hydrogen) atoms. The monoisotopic (exact) mass is 459 g/mol. The van der Waals surface area contributed by atoms with Gasteiger partial charge in [0.15, 0.2) is 0 Å². The summed E-state index contributed by atoms with van der Waals surface area (Å²) in [6, 6.07) is 5.48. The molecule has 2 aromatic rings. The van der Waals surface area contributed by atoms with E-state index in [-0.39, 0.29) is 23.6 Å². The van der Waals surface area contributed by atoms with Crippen LogP contribution in [0.1, 0.15) is 71.8 Å². The molecule has 1 saturated carbocycles. The zero-order valence-corrected chi connectivity index (χ0v) is 20.4. The molecule has 1 aromatic heterocycles. The Balaban J connectivity index is 1.80. The van der Waals surface area contributed by atoms with E-state index >= 15 is 0 Å². The number of ether oxygens (including phenoxy) is 1. The molecule has 0 saturated heterocycles. The lowest BCUT2D eigenvalue weighted by Gasteiger charge is -2.41. The molecule has 0 radical (unpaired) electrons. The number of aromatic nitrogens is 1. The third-order valence-corrected chi connectivity index (χ3v) is 7.05. The second-order valence-corrected chi connectivity index (χ2v) is 9.38. The molecule has 0 atom stereocenters.